The largest absolute Gasteiger partial charge is 0.546 e. The summed E-state index contributed by atoms with van der Waals surface area (Å²) < 4.78 is 46.0. The SMILES string of the molecule is COc1cc(C)nc(NC(=O)NS(=O)(=O)c2ccccc2N=NOP(=O)(O)O)n1. The molecule has 2 aromatic rings. The Labute approximate surface area is 164 Å². The highest BCUT2D eigenvalue weighted by Crippen LogP contribution is 2.37. The minimum absolute atomic E-state index is 0.159. The van der Waals surface area contributed by atoms with Crippen molar-refractivity contribution in [2.45, 2.75) is 11.8 Å². The van der Waals surface area contributed by atoms with Gasteiger partial charge in [0.2, 0.25) is 11.8 Å². The van der Waals surface area contributed by atoms with Gasteiger partial charge in [0.25, 0.3) is 10.0 Å². The Hall–Kier alpha value is -3.13. The molecule has 1 heterocycles. The van der Waals surface area contributed by atoms with Gasteiger partial charge in [-0.25, -0.2) is 27.5 Å². The lowest BCUT2D eigenvalue weighted by molar-refractivity contribution is 0.192. The van der Waals surface area contributed by atoms with Crippen molar-refractivity contribution in [3.63, 3.8) is 0 Å². The fraction of sp³-hybridized carbons (Fsp3) is 0.154. The number of nitrogens with zero attached hydrogens (tertiary/aromatic N) is 4. The number of hydrogen-bond acceptors (Lipinski definition) is 10. The third-order valence-corrected chi connectivity index (χ3v) is 4.60. The number of amides is 2. The van der Waals surface area contributed by atoms with Crippen LogP contribution in [-0.4, -0.2) is 41.3 Å². The highest BCUT2D eigenvalue weighted by atomic mass is 32.2. The van der Waals surface area contributed by atoms with E-state index in [9.17, 15) is 17.8 Å². The summed E-state index contributed by atoms with van der Waals surface area (Å²) in [6.07, 6.45) is 0. The molecule has 0 fully saturated rings. The van der Waals surface area contributed by atoms with Gasteiger partial charge < -0.3 is 4.74 Å². The number of anilines is 1. The molecule has 0 saturated carbocycles. The predicted molar refractivity (Wildman–Crippen MR) is 96.7 cm³/mol. The van der Waals surface area contributed by atoms with Crippen molar-refractivity contribution in [3.8, 4) is 5.88 Å². The van der Waals surface area contributed by atoms with Gasteiger partial charge in [0.1, 0.15) is 10.6 Å². The Morgan fingerprint density at radius 3 is 2.59 bits per heavy atom. The summed E-state index contributed by atoms with van der Waals surface area (Å²) in [5.41, 5.74) is 0.126. The van der Waals surface area contributed by atoms with Gasteiger partial charge in [-0.15, -0.1) is 5.11 Å². The number of nitrogens with one attached hydrogen (secondary N) is 2. The van der Waals surface area contributed by atoms with Gasteiger partial charge in [-0.05, 0) is 19.1 Å². The normalized spacial score (nSPS) is 11.9. The zero-order chi connectivity index (χ0) is 21.7. The summed E-state index contributed by atoms with van der Waals surface area (Å²) in [5.74, 6) is -0.0379. The number of benzene rings is 1. The van der Waals surface area contributed by atoms with E-state index in [2.05, 4.69) is 30.3 Å². The number of carbonyl (C=O) groups is 1. The first kappa shape index (κ1) is 22.2. The van der Waals surface area contributed by atoms with Crippen LogP contribution in [0.4, 0.5) is 16.4 Å². The van der Waals surface area contributed by atoms with Crippen LogP contribution >= 0.6 is 7.82 Å². The Kier molecular flexibility index (Phi) is 6.81. The number of phosphoric acid groups is 1. The van der Waals surface area contributed by atoms with Crippen molar-refractivity contribution in [1.82, 2.24) is 14.7 Å². The number of methoxy groups -OCH3 is 1. The molecule has 0 atom stereocenters. The van der Waals surface area contributed by atoms with Gasteiger partial charge in [-0.2, -0.15) is 4.98 Å². The lowest BCUT2D eigenvalue weighted by Gasteiger charge is -2.10. The molecule has 0 aliphatic carbocycles. The first-order valence-corrected chi connectivity index (χ1v) is 10.5. The molecular formula is C13H15N6O8PS. The molecule has 156 valence electrons. The molecule has 16 heteroatoms. The second-order valence-corrected chi connectivity index (χ2v) is 7.95. The van der Waals surface area contributed by atoms with E-state index >= 15 is 0 Å². The minimum atomic E-state index is -4.94. The maximum absolute atomic E-state index is 12.5. The van der Waals surface area contributed by atoms with Crippen LogP contribution in [0.1, 0.15) is 5.69 Å². The molecule has 0 bridgehead atoms. The number of aryl methyl sites for hydroxylation is 1. The lowest BCUT2D eigenvalue weighted by atomic mass is 10.3. The molecule has 4 N–H and O–H groups in total. The van der Waals surface area contributed by atoms with E-state index in [1.165, 1.54) is 31.4 Å². The first-order valence-electron chi connectivity index (χ1n) is 7.48. The number of aromatic nitrogens is 2. The van der Waals surface area contributed by atoms with E-state index in [1.807, 2.05) is 0 Å². The Morgan fingerprint density at radius 2 is 1.93 bits per heavy atom. The number of sulfonamides is 1. The molecule has 0 aliphatic rings. The van der Waals surface area contributed by atoms with Crippen LogP contribution < -0.4 is 14.8 Å². The zero-order valence-corrected chi connectivity index (χ0v) is 16.6. The van der Waals surface area contributed by atoms with Gasteiger partial charge in [-0.3, -0.25) is 19.7 Å². The van der Waals surface area contributed by atoms with Crippen LogP contribution in [-0.2, 0) is 19.2 Å². The fourth-order valence-electron chi connectivity index (χ4n) is 1.88. The maximum Gasteiger partial charge on any atom is 0.546 e. The van der Waals surface area contributed by atoms with E-state index in [1.54, 1.807) is 11.6 Å². The third-order valence-electron chi connectivity index (χ3n) is 2.94. The number of carbonyl (C=O) groups excluding carboxylic acids is 1. The van der Waals surface area contributed by atoms with Crippen LogP contribution in [0.25, 0.3) is 0 Å². The van der Waals surface area contributed by atoms with Crippen LogP contribution in [0.2, 0.25) is 0 Å². The van der Waals surface area contributed by atoms with Gasteiger partial charge >= 0.3 is 13.9 Å². The van der Waals surface area contributed by atoms with Gasteiger partial charge in [0.05, 0.1) is 7.11 Å². The minimum Gasteiger partial charge on any atom is -0.481 e. The molecule has 1 aromatic heterocycles. The number of urea groups is 1. The topological polar surface area (TPSA) is 202 Å². The third kappa shape index (κ3) is 6.76. The Balaban J connectivity index is 2.20. The first-order chi connectivity index (χ1) is 13.5. The lowest BCUT2D eigenvalue weighted by Crippen LogP contribution is -2.35. The summed E-state index contributed by atoms with van der Waals surface area (Å²) in [7, 11) is -8.04. The van der Waals surface area contributed by atoms with E-state index in [-0.39, 0.29) is 17.5 Å². The quantitative estimate of drug-likeness (QED) is 0.273. The molecule has 0 aliphatic heterocycles. The molecule has 0 spiro atoms. The summed E-state index contributed by atoms with van der Waals surface area (Å²) in [6, 6.07) is 5.32. The van der Waals surface area contributed by atoms with Gasteiger partial charge in [0, 0.05) is 17.0 Å². The molecule has 0 radical (unpaired) electrons. The van der Waals surface area contributed by atoms with E-state index < -0.39 is 28.8 Å². The molecule has 0 saturated heterocycles. The fourth-order valence-corrected chi connectivity index (χ4v) is 3.06. The van der Waals surface area contributed by atoms with Gasteiger partial charge in [-0.1, -0.05) is 12.1 Å². The highest BCUT2D eigenvalue weighted by molar-refractivity contribution is 7.90. The molecule has 14 nitrogen and oxygen atoms in total. The second-order valence-electron chi connectivity index (χ2n) is 5.16. The van der Waals surface area contributed by atoms with Crippen LogP contribution in [0.5, 0.6) is 5.88 Å². The standard InChI is InChI=1S/C13H15N6O8PS/c1-8-7-11(26-2)15-12(14-8)16-13(20)18-29(24,25)10-6-4-3-5-9(10)17-19-27-28(21,22)23/h3-7H,1-2H3,(H2,21,22,23)(H2,14,15,16,18,20). The highest BCUT2D eigenvalue weighted by Gasteiger charge is 2.22. The maximum atomic E-state index is 12.5. The average Bonchev–Trinajstić information content (AvgIpc) is 2.59. The molecule has 29 heavy (non-hydrogen) atoms. The smallest absolute Gasteiger partial charge is 0.481 e. The van der Waals surface area contributed by atoms with Crippen molar-refractivity contribution in [2.24, 2.45) is 10.4 Å². The molecule has 2 amide bonds. The summed E-state index contributed by atoms with van der Waals surface area (Å²) in [5, 5.41) is 8.25. The molecular weight excluding hydrogens is 431 g/mol. The van der Waals surface area contributed by atoms with E-state index in [0.717, 1.165) is 6.07 Å². The summed E-state index contributed by atoms with van der Waals surface area (Å²) in [6.45, 7) is 1.62. The number of rotatable bonds is 7. The molecule has 1 aromatic carbocycles. The molecule has 2 rings (SSSR count). The van der Waals surface area contributed by atoms with Crippen molar-refractivity contribution in [1.29, 1.82) is 0 Å². The van der Waals surface area contributed by atoms with E-state index in [0.29, 0.717) is 5.69 Å². The van der Waals surface area contributed by atoms with Crippen molar-refractivity contribution < 1.29 is 36.9 Å². The van der Waals surface area contributed by atoms with E-state index in [4.69, 9.17) is 14.5 Å². The number of ether oxygens (including phenoxy) is 1. The van der Waals surface area contributed by atoms with Crippen molar-refractivity contribution >= 4 is 35.5 Å². The summed E-state index contributed by atoms with van der Waals surface area (Å²) >= 11 is 0. The van der Waals surface area contributed by atoms with Crippen LogP contribution in [0, 0.1) is 6.92 Å². The van der Waals surface area contributed by atoms with Crippen LogP contribution in [0.3, 0.4) is 0 Å². The second kappa shape index (κ2) is 8.91. The monoisotopic (exact) mass is 446 g/mol. The summed E-state index contributed by atoms with van der Waals surface area (Å²) in [4.78, 5) is 36.5. The number of hydrogen-bond donors (Lipinski definition) is 4. The Morgan fingerprint density at radius 1 is 1.24 bits per heavy atom. The van der Waals surface area contributed by atoms with Crippen LogP contribution in [0.15, 0.2) is 45.6 Å². The predicted octanol–water partition coefficient (Wildman–Crippen LogP) is 1.41. The van der Waals surface area contributed by atoms with Crippen molar-refractivity contribution in [3.05, 3.63) is 36.0 Å². The Bertz CT molecular complexity index is 1090. The van der Waals surface area contributed by atoms with Gasteiger partial charge in [0.15, 0.2) is 0 Å². The average molecular weight is 446 g/mol. The zero-order valence-electron chi connectivity index (χ0n) is 14.9. The van der Waals surface area contributed by atoms with Crippen molar-refractivity contribution in [2.75, 3.05) is 12.4 Å². The molecule has 0 unspecified atom stereocenters.